The molecule has 1 aliphatic heterocycles. The number of hydrogen-bond acceptors (Lipinski definition) is 4. The topological polar surface area (TPSA) is 53.3 Å². The third kappa shape index (κ3) is 4.96. The molecule has 118 valence electrons. The lowest BCUT2D eigenvalue weighted by atomic mass is 9.98. The zero-order valence-electron chi connectivity index (χ0n) is 13.0. The average molecular weight is 318 g/mol. The molecule has 1 aromatic rings. The predicted octanol–water partition coefficient (Wildman–Crippen LogP) is 3.33. The molecule has 0 bridgehead atoms. The maximum absolute atomic E-state index is 12.1. The van der Waals surface area contributed by atoms with Crippen LogP contribution in [0.15, 0.2) is 29.2 Å². The monoisotopic (exact) mass is 318 g/mol. The SMILES string of the molecule is COc1ccc(SCCCC(=O)N2CCC(C#N)CC2)cc1. The molecule has 0 aromatic heterocycles. The molecule has 1 saturated heterocycles. The van der Waals surface area contributed by atoms with Crippen LogP contribution in [0.5, 0.6) is 5.75 Å². The minimum Gasteiger partial charge on any atom is -0.497 e. The first-order chi connectivity index (χ1) is 10.7. The van der Waals surface area contributed by atoms with E-state index >= 15 is 0 Å². The Balaban J connectivity index is 1.64. The van der Waals surface area contributed by atoms with Crippen LogP contribution in [0.4, 0.5) is 0 Å². The molecule has 5 heteroatoms. The van der Waals surface area contributed by atoms with E-state index in [4.69, 9.17) is 10.00 Å². The van der Waals surface area contributed by atoms with Crippen molar-refractivity contribution in [1.29, 1.82) is 5.26 Å². The molecule has 2 rings (SSSR count). The van der Waals surface area contributed by atoms with Crippen LogP contribution in [0, 0.1) is 17.2 Å². The molecule has 0 N–H and O–H groups in total. The van der Waals surface area contributed by atoms with E-state index in [2.05, 4.69) is 6.07 Å². The average Bonchev–Trinajstić information content (AvgIpc) is 2.59. The minimum atomic E-state index is 0.134. The standard InChI is InChI=1S/C17H22N2O2S/c1-21-15-4-6-16(7-5-15)22-12-2-3-17(20)19-10-8-14(13-18)9-11-19/h4-7,14H,2-3,8-12H2,1H3. The number of rotatable bonds is 6. The van der Waals surface area contributed by atoms with Crippen LogP contribution in [0.2, 0.25) is 0 Å². The summed E-state index contributed by atoms with van der Waals surface area (Å²) >= 11 is 1.76. The Kier molecular flexibility index (Phi) is 6.60. The lowest BCUT2D eigenvalue weighted by molar-refractivity contribution is -0.132. The maximum atomic E-state index is 12.1. The zero-order chi connectivity index (χ0) is 15.8. The molecular formula is C17H22N2O2S. The van der Waals surface area contributed by atoms with Crippen molar-refractivity contribution in [2.24, 2.45) is 5.92 Å². The summed E-state index contributed by atoms with van der Waals surface area (Å²) in [6, 6.07) is 10.3. The second-order valence-electron chi connectivity index (χ2n) is 5.41. The summed E-state index contributed by atoms with van der Waals surface area (Å²) in [4.78, 5) is 15.2. The first kappa shape index (κ1) is 16.7. The highest BCUT2D eigenvalue weighted by Crippen LogP contribution is 2.23. The van der Waals surface area contributed by atoms with Crippen molar-refractivity contribution in [3.63, 3.8) is 0 Å². The molecule has 0 aliphatic carbocycles. The minimum absolute atomic E-state index is 0.134. The van der Waals surface area contributed by atoms with E-state index in [-0.39, 0.29) is 11.8 Å². The zero-order valence-corrected chi connectivity index (χ0v) is 13.8. The van der Waals surface area contributed by atoms with Gasteiger partial charge in [0.25, 0.3) is 0 Å². The number of nitriles is 1. The Hall–Kier alpha value is -1.67. The van der Waals surface area contributed by atoms with Gasteiger partial charge in [0.1, 0.15) is 5.75 Å². The third-order valence-corrected chi connectivity index (χ3v) is 4.99. The fraction of sp³-hybridized carbons (Fsp3) is 0.529. The summed E-state index contributed by atoms with van der Waals surface area (Å²) in [7, 11) is 1.66. The van der Waals surface area contributed by atoms with Gasteiger partial charge in [0.15, 0.2) is 0 Å². The first-order valence-electron chi connectivity index (χ1n) is 7.67. The van der Waals surface area contributed by atoms with Crippen LogP contribution in [0.1, 0.15) is 25.7 Å². The summed E-state index contributed by atoms with van der Waals surface area (Å²) < 4.78 is 5.13. The number of carbonyl (C=O) groups is 1. The van der Waals surface area contributed by atoms with Gasteiger partial charge in [-0.3, -0.25) is 4.79 Å². The number of carbonyl (C=O) groups excluding carboxylic acids is 1. The van der Waals surface area contributed by atoms with E-state index in [1.165, 1.54) is 4.90 Å². The maximum Gasteiger partial charge on any atom is 0.222 e. The van der Waals surface area contributed by atoms with Crippen molar-refractivity contribution in [2.75, 3.05) is 26.0 Å². The number of likely N-dealkylation sites (tertiary alicyclic amines) is 1. The van der Waals surface area contributed by atoms with E-state index in [0.717, 1.165) is 43.9 Å². The molecule has 0 spiro atoms. The summed E-state index contributed by atoms with van der Waals surface area (Å²) in [6.45, 7) is 1.48. The normalized spacial score (nSPS) is 15.4. The highest BCUT2D eigenvalue weighted by Gasteiger charge is 2.21. The third-order valence-electron chi connectivity index (χ3n) is 3.89. The Morgan fingerprint density at radius 3 is 2.64 bits per heavy atom. The molecule has 1 amide bonds. The molecule has 0 saturated carbocycles. The first-order valence-corrected chi connectivity index (χ1v) is 8.65. The van der Waals surface area contributed by atoms with Crippen molar-refractivity contribution in [3.05, 3.63) is 24.3 Å². The van der Waals surface area contributed by atoms with Crippen molar-refractivity contribution < 1.29 is 9.53 Å². The second-order valence-corrected chi connectivity index (χ2v) is 6.58. The van der Waals surface area contributed by atoms with Gasteiger partial charge in [0.2, 0.25) is 5.91 Å². The van der Waals surface area contributed by atoms with E-state index in [1.807, 2.05) is 29.2 Å². The van der Waals surface area contributed by atoms with E-state index in [0.29, 0.717) is 6.42 Å². The molecule has 0 radical (unpaired) electrons. The highest BCUT2D eigenvalue weighted by atomic mass is 32.2. The molecule has 1 aliphatic rings. The van der Waals surface area contributed by atoms with Crippen LogP contribution in [0.25, 0.3) is 0 Å². The van der Waals surface area contributed by atoms with Crippen molar-refractivity contribution in [1.82, 2.24) is 4.90 Å². The number of nitrogens with zero attached hydrogens (tertiary/aromatic N) is 2. The van der Waals surface area contributed by atoms with Gasteiger partial charge < -0.3 is 9.64 Å². The van der Waals surface area contributed by atoms with Gasteiger partial charge in [-0.15, -0.1) is 11.8 Å². The fourth-order valence-corrected chi connectivity index (χ4v) is 3.35. The number of benzene rings is 1. The van der Waals surface area contributed by atoms with E-state index in [9.17, 15) is 4.79 Å². The molecule has 0 atom stereocenters. The van der Waals surface area contributed by atoms with Gasteiger partial charge in [-0.05, 0) is 49.3 Å². The molecule has 4 nitrogen and oxygen atoms in total. The van der Waals surface area contributed by atoms with E-state index in [1.54, 1.807) is 18.9 Å². The van der Waals surface area contributed by atoms with Crippen LogP contribution in [-0.4, -0.2) is 36.8 Å². The van der Waals surface area contributed by atoms with Crippen LogP contribution >= 0.6 is 11.8 Å². The van der Waals surface area contributed by atoms with Gasteiger partial charge in [-0.25, -0.2) is 0 Å². The van der Waals surface area contributed by atoms with Gasteiger partial charge in [-0.1, -0.05) is 0 Å². The summed E-state index contributed by atoms with van der Waals surface area (Å²) in [5.41, 5.74) is 0. The van der Waals surface area contributed by atoms with Crippen LogP contribution < -0.4 is 4.74 Å². The highest BCUT2D eigenvalue weighted by molar-refractivity contribution is 7.99. The van der Waals surface area contributed by atoms with E-state index < -0.39 is 0 Å². The lowest BCUT2D eigenvalue weighted by Gasteiger charge is -2.29. The lowest BCUT2D eigenvalue weighted by Crippen LogP contribution is -2.38. The molecular weight excluding hydrogens is 296 g/mol. The van der Waals surface area contributed by atoms with Gasteiger partial charge in [0, 0.05) is 30.3 Å². The summed E-state index contributed by atoms with van der Waals surface area (Å²) in [5.74, 6) is 2.16. The second kappa shape index (κ2) is 8.70. The van der Waals surface area contributed by atoms with Crippen molar-refractivity contribution in [3.8, 4) is 11.8 Å². The molecule has 22 heavy (non-hydrogen) atoms. The van der Waals surface area contributed by atoms with Crippen molar-refractivity contribution in [2.45, 2.75) is 30.6 Å². The molecule has 0 unspecified atom stereocenters. The smallest absolute Gasteiger partial charge is 0.222 e. The fourth-order valence-electron chi connectivity index (χ4n) is 2.50. The Morgan fingerprint density at radius 1 is 1.36 bits per heavy atom. The van der Waals surface area contributed by atoms with Crippen molar-refractivity contribution >= 4 is 17.7 Å². The molecule has 1 heterocycles. The molecule has 1 aromatic carbocycles. The number of ether oxygens (including phenoxy) is 1. The Labute approximate surface area is 136 Å². The number of thioether (sulfide) groups is 1. The summed E-state index contributed by atoms with van der Waals surface area (Å²) in [6.07, 6.45) is 3.12. The van der Waals surface area contributed by atoms with Crippen LogP contribution in [-0.2, 0) is 4.79 Å². The predicted molar refractivity (Wildman–Crippen MR) is 87.9 cm³/mol. The number of methoxy groups -OCH3 is 1. The quantitative estimate of drug-likeness (QED) is 0.596. The van der Waals surface area contributed by atoms with Crippen LogP contribution in [0.3, 0.4) is 0 Å². The van der Waals surface area contributed by atoms with Gasteiger partial charge >= 0.3 is 0 Å². The van der Waals surface area contributed by atoms with Gasteiger partial charge in [0.05, 0.1) is 13.2 Å². The largest absolute Gasteiger partial charge is 0.497 e. The Bertz CT molecular complexity index is 516. The Morgan fingerprint density at radius 2 is 2.05 bits per heavy atom. The number of hydrogen-bond donors (Lipinski definition) is 0. The van der Waals surface area contributed by atoms with Gasteiger partial charge in [-0.2, -0.15) is 5.26 Å². The number of amides is 1. The molecule has 1 fully saturated rings. The summed E-state index contributed by atoms with van der Waals surface area (Å²) in [5, 5.41) is 8.87. The number of piperidine rings is 1.